The Morgan fingerprint density at radius 3 is 2.83 bits per heavy atom. The smallest absolute Gasteiger partial charge is 0.265 e. The fourth-order valence-electron chi connectivity index (χ4n) is 3.44. The molecule has 3 aromatic rings. The molecule has 4 rings (SSSR count). The zero-order valence-electron chi connectivity index (χ0n) is 16.2. The minimum absolute atomic E-state index is 0.0893. The highest BCUT2D eigenvalue weighted by atomic mass is 35.5. The van der Waals surface area contributed by atoms with Crippen LogP contribution in [0.1, 0.15) is 9.67 Å². The first-order chi connectivity index (χ1) is 14.5. The molecule has 154 valence electrons. The van der Waals surface area contributed by atoms with E-state index in [1.54, 1.807) is 31.4 Å². The number of fused-ring (bicyclic) bond motifs is 2. The maximum absolute atomic E-state index is 13.2. The molecule has 8 heteroatoms. The van der Waals surface area contributed by atoms with Gasteiger partial charge in [-0.2, -0.15) is 0 Å². The molecule has 6 nitrogen and oxygen atoms in total. The van der Waals surface area contributed by atoms with Gasteiger partial charge in [-0.05, 0) is 24.3 Å². The van der Waals surface area contributed by atoms with Gasteiger partial charge in [0.2, 0.25) is 0 Å². The van der Waals surface area contributed by atoms with E-state index >= 15 is 0 Å². The summed E-state index contributed by atoms with van der Waals surface area (Å²) in [7, 11) is 1.57. The van der Waals surface area contributed by atoms with Gasteiger partial charge >= 0.3 is 0 Å². The monoisotopic (exact) mass is 442 g/mol. The molecule has 1 aromatic heterocycles. The normalized spacial score (nSPS) is 15.3. The molecule has 0 fully saturated rings. The van der Waals surface area contributed by atoms with Gasteiger partial charge in [0.25, 0.3) is 11.8 Å². The van der Waals surface area contributed by atoms with Crippen molar-refractivity contribution in [1.82, 2.24) is 4.90 Å². The Labute approximate surface area is 181 Å². The van der Waals surface area contributed by atoms with Gasteiger partial charge in [-0.3, -0.25) is 9.59 Å². The second-order valence-electron chi connectivity index (χ2n) is 6.86. The lowest BCUT2D eigenvalue weighted by atomic mass is 10.0. The van der Waals surface area contributed by atoms with Crippen molar-refractivity contribution in [3.63, 3.8) is 0 Å². The number of nitrogens with zero attached hydrogens (tertiary/aromatic N) is 2. The number of carbonyl (C=O) groups excluding carboxylic acids is 2. The van der Waals surface area contributed by atoms with Crippen LogP contribution in [0.2, 0.25) is 5.02 Å². The number of hydrogen-bond donors (Lipinski definition) is 1. The summed E-state index contributed by atoms with van der Waals surface area (Å²) in [6, 6.07) is 12.8. The van der Waals surface area contributed by atoms with Gasteiger partial charge in [-0.15, -0.1) is 11.3 Å². The molecular formula is C22H19ClN2O4S. The van der Waals surface area contributed by atoms with Gasteiger partial charge in [0.15, 0.2) is 0 Å². The molecule has 1 N–H and O–H groups in total. The molecule has 0 aliphatic carbocycles. The lowest BCUT2D eigenvalue weighted by Crippen LogP contribution is -2.42. The van der Waals surface area contributed by atoms with Gasteiger partial charge in [0.1, 0.15) is 10.6 Å². The number of aliphatic hydroxyl groups excluding tert-OH is 1. The van der Waals surface area contributed by atoms with E-state index in [-0.39, 0.29) is 31.5 Å². The van der Waals surface area contributed by atoms with Crippen LogP contribution in [-0.4, -0.2) is 48.6 Å². The predicted octanol–water partition coefficient (Wildman–Crippen LogP) is 2.25. The van der Waals surface area contributed by atoms with Crippen molar-refractivity contribution < 1.29 is 19.4 Å². The van der Waals surface area contributed by atoms with Crippen LogP contribution in [0, 0.1) is 5.92 Å². The predicted molar refractivity (Wildman–Crippen MR) is 117 cm³/mol. The maximum atomic E-state index is 13.2. The summed E-state index contributed by atoms with van der Waals surface area (Å²) in [5.74, 6) is -0.597. The Kier molecular flexibility index (Phi) is 5.85. The second kappa shape index (κ2) is 8.55. The summed E-state index contributed by atoms with van der Waals surface area (Å²) in [4.78, 5) is 31.8. The number of ether oxygens (including phenoxy) is 1. The van der Waals surface area contributed by atoms with Gasteiger partial charge in [-0.25, -0.2) is 4.99 Å². The number of halogens is 1. The fourth-order valence-corrected chi connectivity index (χ4v) is 4.92. The lowest BCUT2D eigenvalue weighted by Gasteiger charge is -2.25. The summed E-state index contributed by atoms with van der Waals surface area (Å²) in [6.07, 6.45) is 1.79. The molecule has 2 heterocycles. The number of benzene rings is 2. The van der Waals surface area contributed by atoms with Crippen molar-refractivity contribution in [1.29, 1.82) is 0 Å². The highest BCUT2D eigenvalue weighted by Gasteiger charge is 2.27. The third-order valence-corrected chi connectivity index (χ3v) is 6.63. The summed E-state index contributed by atoms with van der Waals surface area (Å²) in [5, 5.41) is 12.1. The number of methoxy groups -OCH3 is 1. The first-order valence-corrected chi connectivity index (χ1v) is 10.6. The highest BCUT2D eigenvalue weighted by molar-refractivity contribution is 7.21. The molecule has 1 aliphatic rings. The van der Waals surface area contributed by atoms with Crippen LogP contribution in [0.25, 0.3) is 16.2 Å². The largest absolute Gasteiger partial charge is 0.497 e. The van der Waals surface area contributed by atoms with E-state index in [1.807, 2.05) is 24.3 Å². The van der Waals surface area contributed by atoms with E-state index in [9.17, 15) is 14.7 Å². The molecule has 1 aliphatic heterocycles. The first kappa shape index (κ1) is 20.5. The zero-order valence-corrected chi connectivity index (χ0v) is 17.7. The summed E-state index contributed by atoms with van der Waals surface area (Å²) in [5.41, 5.74) is 0. The number of hydrogen-bond acceptors (Lipinski definition) is 5. The van der Waals surface area contributed by atoms with Crippen molar-refractivity contribution >= 4 is 50.9 Å². The number of amides is 2. The Balaban J connectivity index is 1.66. The fraction of sp³-hybridized carbons (Fsp3) is 0.227. The minimum Gasteiger partial charge on any atom is -0.497 e. The Morgan fingerprint density at radius 1 is 1.30 bits per heavy atom. The number of rotatable bonds is 6. The van der Waals surface area contributed by atoms with Gasteiger partial charge in [-0.1, -0.05) is 35.9 Å². The van der Waals surface area contributed by atoms with Crippen molar-refractivity contribution in [2.75, 3.05) is 26.8 Å². The van der Waals surface area contributed by atoms with E-state index in [1.165, 1.54) is 16.2 Å². The molecular weight excluding hydrogens is 424 g/mol. The molecule has 0 bridgehead atoms. The van der Waals surface area contributed by atoms with Crippen molar-refractivity contribution in [3.05, 3.63) is 62.9 Å². The molecule has 0 saturated heterocycles. The molecule has 2 amide bonds. The zero-order chi connectivity index (χ0) is 21.3. The number of thiophene rings is 1. The van der Waals surface area contributed by atoms with Crippen LogP contribution >= 0.6 is 22.9 Å². The molecule has 0 saturated carbocycles. The van der Waals surface area contributed by atoms with Crippen LogP contribution in [0.3, 0.4) is 0 Å². The molecule has 30 heavy (non-hydrogen) atoms. The average molecular weight is 443 g/mol. The van der Waals surface area contributed by atoms with E-state index < -0.39 is 5.92 Å². The van der Waals surface area contributed by atoms with Crippen LogP contribution in [0.4, 0.5) is 0 Å². The summed E-state index contributed by atoms with van der Waals surface area (Å²) in [6.45, 7) is -0.0360. The molecule has 0 spiro atoms. The lowest BCUT2D eigenvalue weighted by molar-refractivity contribution is -0.120. The van der Waals surface area contributed by atoms with E-state index in [0.717, 1.165) is 15.3 Å². The van der Waals surface area contributed by atoms with Crippen LogP contribution in [0.15, 0.2) is 47.5 Å². The molecule has 1 unspecified atom stereocenters. The van der Waals surface area contributed by atoms with E-state index in [2.05, 4.69) is 4.99 Å². The van der Waals surface area contributed by atoms with Gasteiger partial charge in [0.05, 0.1) is 30.0 Å². The van der Waals surface area contributed by atoms with Crippen LogP contribution in [-0.2, 0) is 4.79 Å². The third-order valence-electron chi connectivity index (χ3n) is 4.97. The SMILES string of the molecule is COc1ccc2c(c1)=CC(CN(CCO)C(=O)c1sc3ccccc3c1Cl)C(=O)N=2. The van der Waals surface area contributed by atoms with E-state index in [4.69, 9.17) is 16.3 Å². The number of carbonyl (C=O) groups is 2. The van der Waals surface area contributed by atoms with E-state index in [0.29, 0.717) is 21.0 Å². The molecule has 1 atom stereocenters. The Bertz CT molecular complexity index is 1250. The second-order valence-corrected chi connectivity index (χ2v) is 8.29. The first-order valence-electron chi connectivity index (χ1n) is 9.37. The summed E-state index contributed by atoms with van der Waals surface area (Å²) < 4.78 is 6.15. The van der Waals surface area contributed by atoms with Crippen molar-refractivity contribution in [2.24, 2.45) is 10.9 Å². The Morgan fingerprint density at radius 2 is 2.10 bits per heavy atom. The molecule has 2 aromatic carbocycles. The van der Waals surface area contributed by atoms with Gasteiger partial charge < -0.3 is 14.7 Å². The van der Waals surface area contributed by atoms with Crippen LogP contribution in [0.5, 0.6) is 5.75 Å². The maximum Gasteiger partial charge on any atom is 0.265 e. The van der Waals surface area contributed by atoms with Crippen LogP contribution < -0.4 is 15.3 Å². The van der Waals surface area contributed by atoms with Gasteiger partial charge in [0, 0.05) is 28.4 Å². The third kappa shape index (κ3) is 3.84. The number of aliphatic hydroxyl groups is 1. The summed E-state index contributed by atoms with van der Waals surface area (Å²) >= 11 is 7.76. The van der Waals surface area contributed by atoms with Crippen molar-refractivity contribution in [2.45, 2.75) is 0 Å². The molecule has 0 radical (unpaired) electrons. The van der Waals surface area contributed by atoms with Crippen molar-refractivity contribution in [3.8, 4) is 5.75 Å². The average Bonchev–Trinajstić information content (AvgIpc) is 3.09. The Hall–Kier alpha value is -2.74. The standard InChI is InChI=1S/C22H19ClN2O4S/c1-29-15-6-7-17-13(11-15)10-14(21(27)24-17)12-25(8-9-26)22(28)20-19(23)16-4-2-3-5-18(16)30-20/h2-7,10-11,14,26H,8-9,12H2,1H3. The minimum atomic E-state index is -0.617. The topological polar surface area (TPSA) is 79.2 Å². The quantitative estimate of drug-likeness (QED) is 0.635. The highest BCUT2D eigenvalue weighted by Crippen LogP contribution is 2.36.